The number of halogens is 1. The first-order valence-electron chi connectivity index (χ1n) is 7.20. The SMILES string of the molecule is CCNC1(C#N)CCCC(SCc2ccccc2Cl)C1. The van der Waals surface area contributed by atoms with E-state index in [0.717, 1.165) is 36.6 Å². The van der Waals surface area contributed by atoms with E-state index in [0.29, 0.717) is 5.25 Å². The fourth-order valence-corrected chi connectivity index (χ4v) is 4.51. The molecule has 4 heteroatoms. The highest BCUT2D eigenvalue weighted by molar-refractivity contribution is 7.99. The van der Waals surface area contributed by atoms with Crippen molar-refractivity contribution >= 4 is 23.4 Å². The molecule has 0 spiro atoms. The lowest BCUT2D eigenvalue weighted by atomic mass is 9.82. The maximum Gasteiger partial charge on any atom is 0.107 e. The Hall–Kier alpha value is -0.690. The lowest BCUT2D eigenvalue weighted by molar-refractivity contribution is 0.309. The topological polar surface area (TPSA) is 35.8 Å². The van der Waals surface area contributed by atoms with Gasteiger partial charge in [-0.05, 0) is 43.9 Å². The predicted octanol–water partition coefficient (Wildman–Crippen LogP) is 4.39. The van der Waals surface area contributed by atoms with Crippen LogP contribution in [0.4, 0.5) is 0 Å². The zero-order valence-corrected chi connectivity index (χ0v) is 13.4. The monoisotopic (exact) mass is 308 g/mol. The van der Waals surface area contributed by atoms with Gasteiger partial charge in [-0.3, -0.25) is 5.32 Å². The highest BCUT2D eigenvalue weighted by Gasteiger charge is 2.35. The smallest absolute Gasteiger partial charge is 0.107 e. The fraction of sp³-hybridized carbons (Fsp3) is 0.562. The van der Waals surface area contributed by atoms with E-state index >= 15 is 0 Å². The number of rotatable bonds is 5. The zero-order valence-electron chi connectivity index (χ0n) is 11.9. The second-order valence-corrected chi connectivity index (χ2v) is 7.04. The molecular formula is C16H21ClN2S. The van der Waals surface area contributed by atoms with E-state index in [1.807, 2.05) is 30.0 Å². The molecule has 0 amide bonds. The maximum absolute atomic E-state index is 9.48. The third-order valence-corrected chi connectivity index (χ3v) is 5.59. The summed E-state index contributed by atoms with van der Waals surface area (Å²) in [5, 5.41) is 14.2. The van der Waals surface area contributed by atoms with Crippen LogP contribution in [0.1, 0.15) is 38.2 Å². The Morgan fingerprint density at radius 3 is 3.00 bits per heavy atom. The second kappa shape index (κ2) is 7.36. The Labute approximate surface area is 130 Å². The normalized spacial score (nSPS) is 26.1. The van der Waals surface area contributed by atoms with Crippen molar-refractivity contribution in [3.8, 4) is 6.07 Å². The van der Waals surface area contributed by atoms with Crippen molar-refractivity contribution in [1.29, 1.82) is 5.26 Å². The standard InChI is InChI=1S/C16H21ClN2S/c1-2-19-16(12-18)9-5-7-14(10-16)20-11-13-6-3-4-8-15(13)17/h3-4,6,8,14,19H,2,5,7,9-11H2,1H3. The van der Waals surface area contributed by atoms with E-state index in [9.17, 15) is 5.26 Å². The van der Waals surface area contributed by atoms with Crippen LogP contribution < -0.4 is 5.32 Å². The molecule has 0 aromatic heterocycles. The van der Waals surface area contributed by atoms with Crippen LogP contribution in [0.15, 0.2) is 24.3 Å². The van der Waals surface area contributed by atoms with Crippen molar-refractivity contribution in [2.75, 3.05) is 6.54 Å². The summed E-state index contributed by atoms with van der Waals surface area (Å²) in [6.45, 7) is 2.93. The molecule has 1 aliphatic carbocycles. The average Bonchev–Trinajstić information content (AvgIpc) is 2.47. The van der Waals surface area contributed by atoms with Crippen LogP contribution in [0.25, 0.3) is 0 Å². The summed E-state index contributed by atoms with van der Waals surface area (Å²) in [5.74, 6) is 0.929. The second-order valence-electron chi connectivity index (χ2n) is 5.35. The molecule has 2 unspecified atom stereocenters. The molecule has 1 aromatic rings. The molecular weight excluding hydrogens is 288 g/mol. The number of nitrogens with zero attached hydrogens (tertiary/aromatic N) is 1. The van der Waals surface area contributed by atoms with Gasteiger partial charge in [-0.2, -0.15) is 17.0 Å². The van der Waals surface area contributed by atoms with Crippen LogP contribution in [0.2, 0.25) is 5.02 Å². The summed E-state index contributed by atoms with van der Waals surface area (Å²) in [7, 11) is 0. The minimum Gasteiger partial charge on any atom is -0.300 e. The quantitative estimate of drug-likeness (QED) is 0.876. The van der Waals surface area contributed by atoms with Gasteiger partial charge >= 0.3 is 0 Å². The van der Waals surface area contributed by atoms with Gasteiger partial charge in [-0.15, -0.1) is 0 Å². The Kier molecular flexibility index (Phi) is 5.77. The molecule has 0 heterocycles. The van der Waals surface area contributed by atoms with Gasteiger partial charge in [0.05, 0.1) is 6.07 Å². The van der Waals surface area contributed by atoms with Crippen LogP contribution in [-0.4, -0.2) is 17.3 Å². The lowest BCUT2D eigenvalue weighted by Crippen LogP contribution is -2.48. The number of nitrogens with one attached hydrogen (secondary N) is 1. The number of thioether (sulfide) groups is 1. The van der Waals surface area contributed by atoms with Gasteiger partial charge in [-0.1, -0.05) is 36.7 Å². The van der Waals surface area contributed by atoms with Gasteiger partial charge in [0, 0.05) is 16.0 Å². The lowest BCUT2D eigenvalue weighted by Gasteiger charge is -2.36. The molecule has 0 aliphatic heterocycles. The zero-order chi connectivity index (χ0) is 14.4. The molecule has 0 radical (unpaired) electrons. The van der Waals surface area contributed by atoms with E-state index in [-0.39, 0.29) is 5.54 Å². The Balaban J connectivity index is 1.94. The summed E-state index contributed by atoms with van der Waals surface area (Å²) < 4.78 is 0. The molecule has 2 nitrogen and oxygen atoms in total. The van der Waals surface area contributed by atoms with Gasteiger partial charge in [-0.25, -0.2) is 0 Å². The highest BCUT2D eigenvalue weighted by Crippen LogP contribution is 2.36. The van der Waals surface area contributed by atoms with Crippen LogP contribution in [0.3, 0.4) is 0 Å². The summed E-state index contributed by atoms with van der Waals surface area (Å²) in [5.41, 5.74) is 0.876. The molecule has 1 saturated carbocycles. The van der Waals surface area contributed by atoms with E-state index < -0.39 is 0 Å². The third kappa shape index (κ3) is 3.91. The van der Waals surface area contributed by atoms with Crippen molar-refractivity contribution in [3.05, 3.63) is 34.9 Å². The summed E-state index contributed by atoms with van der Waals surface area (Å²) >= 11 is 8.13. The van der Waals surface area contributed by atoms with Crippen LogP contribution in [0, 0.1) is 11.3 Å². The van der Waals surface area contributed by atoms with E-state index in [1.165, 1.54) is 12.0 Å². The van der Waals surface area contributed by atoms with E-state index in [1.54, 1.807) is 0 Å². The molecule has 1 fully saturated rings. The number of hydrogen-bond donors (Lipinski definition) is 1. The fourth-order valence-electron chi connectivity index (χ4n) is 2.83. The molecule has 2 atom stereocenters. The molecule has 108 valence electrons. The Morgan fingerprint density at radius 1 is 1.50 bits per heavy atom. The van der Waals surface area contributed by atoms with Gasteiger partial charge < -0.3 is 0 Å². The molecule has 1 aliphatic rings. The molecule has 0 bridgehead atoms. The van der Waals surface area contributed by atoms with Gasteiger partial charge in [0.15, 0.2) is 0 Å². The van der Waals surface area contributed by atoms with Gasteiger partial charge in [0.1, 0.15) is 5.54 Å². The van der Waals surface area contributed by atoms with E-state index in [2.05, 4.69) is 24.4 Å². The van der Waals surface area contributed by atoms with Crippen molar-refractivity contribution in [3.63, 3.8) is 0 Å². The van der Waals surface area contributed by atoms with E-state index in [4.69, 9.17) is 11.6 Å². The Morgan fingerprint density at radius 2 is 2.30 bits per heavy atom. The van der Waals surface area contributed by atoms with Crippen molar-refractivity contribution < 1.29 is 0 Å². The van der Waals surface area contributed by atoms with Crippen molar-refractivity contribution in [1.82, 2.24) is 5.32 Å². The Bertz CT molecular complexity index is 482. The molecule has 2 rings (SSSR count). The van der Waals surface area contributed by atoms with Crippen LogP contribution in [0.5, 0.6) is 0 Å². The molecule has 0 saturated heterocycles. The summed E-state index contributed by atoms with van der Waals surface area (Å²) in [6, 6.07) is 10.5. The number of benzene rings is 1. The number of hydrogen-bond acceptors (Lipinski definition) is 3. The predicted molar refractivity (Wildman–Crippen MR) is 87.0 cm³/mol. The summed E-state index contributed by atoms with van der Waals surface area (Å²) in [6.07, 6.45) is 4.23. The molecule has 20 heavy (non-hydrogen) atoms. The summed E-state index contributed by atoms with van der Waals surface area (Å²) in [4.78, 5) is 0. The van der Waals surface area contributed by atoms with Crippen molar-refractivity contribution in [2.24, 2.45) is 0 Å². The average molecular weight is 309 g/mol. The maximum atomic E-state index is 9.48. The molecule has 1 aromatic carbocycles. The van der Waals surface area contributed by atoms with Gasteiger partial charge in [0.2, 0.25) is 0 Å². The minimum absolute atomic E-state index is 0.314. The molecule has 1 N–H and O–H groups in total. The minimum atomic E-state index is -0.314. The third-order valence-electron chi connectivity index (χ3n) is 3.87. The highest BCUT2D eigenvalue weighted by atomic mass is 35.5. The first-order valence-corrected chi connectivity index (χ1v) is 8.63. The van der Waals surface area contributed by atoms with Crippen molar-refractivity contribution in [2.45, 2.75) is 49.1 Å². The number of nitriles is 1. The first-order chi connectivity index (χ1) is 9.69. The van der Waals surface area contributed by atoms with Crippen LogP contribution >= 0.6 is 23.4 Å². The largest absolute Gasteiger partial charge is 0.300 e. The first kappa shape index (κ1) is 15.7. The van der Waals surface area contributed by atoms with Gasteiger partial charge in [0.25, 0.3) is 0 Å². The van der Waals surface area contributed by atoms with Crippen LogP contribution in [-0.2, 0) is 5.75 Å².